The van der Waals surface area contributed by atoms with Crippen molar-refractivity contribution in [3.63, 3.8) is 0 Å². The number of ether oxygens (including phenoxy) is 2. The summed E-state index contributed by atoms with van der Waals surface area (Å²) >= 11 is 0. The molecule has 3 amide bonds. The van der Waals surface area contributed by atoms with E-state index in [0.717, 1.165) is 0 Å². The minimum atomic E-state index is -1.17. The first-order valence-corrected chi connectivity index (χ1v) is 10.2. The maximum Gasteiger partial charge on any atom is 0.322 e. The molecule has 0 radical (unpaired) electrons. The third-order valence-corrected chi connectivity index (χ3v) is 5.09. The molecule has 168 valence electrons. The number of carboxylic acids is 1. The molecule has 0 bridgehead atoms. The van der Waals surface area contributed by atoms with Gasteiger partial charge in [0, 0.05) is 24.7 Å². The summed E-state index contributed by atoms with van der Waals surface area (Å²) < 4.78 is 11.1. The minimum Gasteiger partial charge on any atom is -0.486 e. The van der Waals surface area contributed by atoms with Crippen molar-refractivity contribution in [2.24, 2.45) is 11.8 Å². The van der Waals surface area contributed by atoms with Crippen LogP contribution in [-0.2, 0) is 19.2 Å². The van der Waals surface area contributed by atoms with Gasteiger partial charge in [0.05, 0.1) is 5.92 Å². The second-order valence-corrected chi connectivity index (χ2v) is 8.04. The van der Waals surface area contributed by atoms with E-state index in [2.05, 4.69) is 10.6 Å². The van der Waals surface area contributed by atoms with Crippen LogP contribution in [0.5, 0.6) is 11.5 Å². The lowest BCUT2D eigenvalue weighted by atomic mass is 10.0. The quantitative estimate of drug-likeness (QED) is 0.545. The zero-order chi connectivity index (χ0) is 22.5. The van der Waals surface area contributed by atoms with Crippen LogP contribution in [-0.4, -0.2) is 61.1 Å². The number of nitrogens with zero attached hydrogens (tertiary/aromatic N) is 1. The van der Waals surface area contributed by atoms with Gasteiger partial charge in [-0.15, -0.1) is 0 Å². The first kappa shape index (κ1) is 22.4. The molecule has 10 nitrogen and oxygen atoms in total. The number of nitrogens with one attached hydrogen (secondary N) is 2. The molecule has 0 saturated carbocycles. The second kappa shape index (κ2) is 9.67. The average molecular weight is 433 g/mol. The predicted molar refractivity (Wildman–Crippen MR) is 110 cm³/mol. The Hall–Kier alpha value is -3.30. The van der Waals surface area contributed by atoms with E-state index in [0.29, 0.717) is 36.8 Å². The van der Waals surface area contributed by atoms with Gasteiger partial charge in [0.25, 0.3) is 0 Å². The Balaban J connectivity index is 1.65. The summed E-state index contributed by atoms with van der Waals surface area (Å²) in [5.74, 6) is -1.70. The number of amides is 3. The molecule has 3 N–H and O–H groups in total. The monoisotopic (exact) mass is 433 g/mol. The number of fused-ring (bicyclic) bond motifs is 1. The zero-order valence-corrected chi connectivity index (χ0v) is 17.6. The van der Waals surface area contributed by atoms with Gasteiger partial charge in [0.2, 0.25) is 17.7 Å². The molecule has 1 aromatic carbocycles. The number of benzene rings is 1. The van der Waals surface area contributed by atoms with E-state index in [1.54, 1.807) is 18.2 Å². The summed E-state index contributed by atoms with van der Waals surface area (Å²) in [5.41, 5.74) is 0.613. The van der Waals surface area contributed by atoms with E-state index in [1.807, 2.05) is 13.8 Å². The molecular weight excluding hydrogens is 406 g/mol. The van der Waals surface area contributed by atoms with Crippen molar-refractivity contribution in [2.75, 3.05) is 31.2 Å². The fraction of sp³-hybridized carbons (Fsp3) is 0.524. The number of carbonyl (C=O) groups excluding carboxylic acids is 3. The summed E-state index contributed by atoms with van der Waals surface area (Å²) in [6.45, 7) is 4.34. The van der Waals surface area contributed by atoms with Crippen molar-refractivity contribution in [2.45, 2.75) is 32.7 Å². The molecular formula is C21H27N3O7. The average Bonchev–Trinajstić information content (AvgIpc) is 3.12. The molecule has 0 aromatic heterocycles. The Labute approximate surface area is 179 Å². The molecule has 1 saturated heterocycles. The van der Waals surface area contributed by atoms with E-state index >= 15 is 0 Å². The smallest absolute Gasteiger partial charge is 0.322 e. The van der Waals surface area contributed by atoms with Gasteiger partial charge >= 0.3 is 5.97 Å². The molecule has 2 heterocycles. The van der Waals surface area contributed by atoms with Crippen molar-refractivity contribution in [1.82, 2.24) is 10.6 Å². The Kier molecular flexibility index (Phi) is 6.98. The minimum absolute atomic E-state index is 0.0193. The molecule has 2 aliphatic heterocycles. The summed E-state index contributed by atoms with van der Waals surface area (Å²) in [6, 6.07) is 4.32. The first-order chi connectivity index (χ1) is 14.7. The highest BCUT2D eigenvalue weighted by molar-refractivity contribution is 6.01. The molecule has 1 fully saturated rings. The summed E-state index contributed by atoms with van der Waals surface area (Å²) in [5, 5.41) is 13.7. The molecule has 0 spiro atoms. The van der Waals surface area contributed by atoms with Crippen molar-refractivity contribution < 1.29 is 33.8 Å². The number of carboxylic acid groups (broad SMARTS) is 1. The van der Waals surface area contributed by atoms with Crippen LogP contribution in [0.25, 0.3) is 0 Å². The van der Waals surface area contributed by atoms with Crippen molar-refractivity contribution in [1.29, 1.82) is 0 Å². The lowest BCUT2D eigenvalue weighted by Gasteiger charge is -2.23. The van der Waals surface area contributed by atoms with Gasteiger partial charge in [-0.25, -0.2) is 0 Å². The molecule has 2 aliphatic rings. The number of carbonyl (C=O) groups is 4. The highest BCUT2D eigenvalue weighted by Crippen LogP contribution is 2.36. The van der Waals surface area contributed by atoms with E-state index in [1.165, 1.54) is 4.90 Å². The van der Waals surface area contributed by atoms with Crippen molar-refractivity contribution in [3.05, 3.63) is 18.2 Å². The first-order valence-electron chi connectivity index (χ1n) is 10.2. The topological polar surface area (TPSA) is 134 Å². The number of anilines is 1. The summed E-state index contributed by atoms with van der Waals surface area (Å²) in [4.78, 5) is 49.9. The molecule has 1 aromatic rings. The molecule has 31 heavy (non-hydrogen) atoms. The molecule has 2 atom stereocenters. The van der Waals surface area contributed by atoms with Crippen LogP contribution in [0.1, 0.15) is 26.7 Å². The fourth-order valence-electron chi connectivity index (χ4n) is 3.61. The Morgan fingerprint density at radius 3 is 2.58 bits per heavy atom. The molecule has 3 rings (SSSR count). The predicted octanol–water partition coefficient (Wildman–Crippen LogP) is 0.542. The number of aliphatic carboxylic acids is 1. The molecule has 0 aliphatic carbocycles. The van der Waals surface area contributed by atoms with Crippen LogP contribution in [0.4, 0.5) is 5.69 Å². The SMILES string of the molecule is CC(C)C[C@H](NC(=O)C1CC(=O)N(c2ccc3c(c2)OCCO3)C1)C(=O)NCC(=O)O. The van der Waals surface area contributed by atoms with Crippen LogP contribution in [0, 0.1) is 11.8 Å². The third kappa shape index (κ3) is 5.65. The number of hydrogen-bond donors (Lipinski definition) is 3. The van der Waals surface area contributed by atoms with Crippen molar-refractivity contribution in [3.8, 4) is 11.5 Å². The lowest BCUT2D eigenvalue weighted by Crippen LogP contribution is -2.50. The van der Waals surface area contributed by atoms with Crippen LogP contribution in [0.15, 0.2) is 18.2 Å². The highest BCUT2D eigenvalue weighted by atomic mass is 16.6. The van der Waals surface area contributed by atoms with Gasteiger partial charge in [-0.2, -0.15) is 0 Å². The summed E-state index contributed by atoms with van der Waals surface area (Å²) in [7, 11) is 0. The molecule has 1 unspecified atom stereocenters. The number of rotatable bonds is 8. The number of hydrogen-bond acceptors (Lipinski definition) is 6. The van der Waals surface area contributed by atoms with E-state index in [4.69, 9.17) is 14.6 Å². The lowest BCUT2D eigenvalue weighted by molar-refractivity contribution is -0.138. The van der Waals surface area contributed by atoms with E-state index < -0.39 is 36.3 Å². The molecule has 10 heteroatoms. The van der Waals surface area contributed by atoms with Crippen LogP contribution in [0.2, 0.25) is 0 Å². The Morgan fingerprint density at radius 2 is 1.90 bits per heavy atom. The van der Waals surface area contributed by atoms with Gasteiger partial charge in [-0.1, -0.05) is 13.8 Å². The van der Waals surface area contributed by atoms with E-state index in [9.17, 15) is 19.2 Å². The van der Waals surface area contributed by atoms with Gasteiger partial charge < -0.3 is 30.1 Å². The van der Waals surface area contributed by atoms with Crippen molar-refractivity contribution >= 4 is 29.4 Å². The van der Waals surface area contributed by atoms with Crippen LogP contribution < -0.4 is 25.0 Å². The van der Waals surface area contributed by atoms with E-state index in [-0.39, 0.29) is 24.8 Å². The normalized spacial score (nSPS) is 18.6. The van der Waals surface area contributed by atoms with Crippen LogP contribution >= 0.6 is 0 Å². The Bertz CT molecular complexity index is 871. The second-order valence-electron chi connectivity index (χ2n) is 8.04. The van der Waals surface area contributed by atoms with Gasteiger partial charge in [-0.3, -0.25) is 19.2 Å². The fourth-order valence-corrected chi connectivity index (χ4v) is 3.61. The maximum absolute atomic E-state index is 12.8. The third-order valence-electron chi connectivity index (χ3n) is 5.09. The summed E-state index contributed by atoms with van der Waals surface area (Å²) in [6.07, 6.45) is 0.370. The van der Waals surface area contributed by atoms with Crippen LogP contribution in [0.3, 0.4) is 0 Å². The zero-order valence-electron chi connectivity index (χ0n) is 17.6. The van der Waals surface area contributed by atoms with Gasteiger partial charge in [0.1, 0.15) is 25.8 Å². The Morgan fingerprint density at radius 1 is 1.19 bits per heavy atom. The van der Waals surface area contributed by atoms with Gasteiger partial charge in [-0.05, 0) is 24.5 Å². The standard InChI is InChI=1S/C21H27N3O7/c1-12(2)7-15(21(29)22-10-19(26)27)23-20(28)13-8-18(25)24(11-13)14-3-4-16-17(9-14)31-6-5-30-16/h3-4,9,12-13,15H,5-8,10-11H2,1-2H3,(H,22,29)(H,23,28)(H,26,27)/t13?,15-/m0/s1. The maximum atomic E-state index is 12.8. The van der Waals surface area contributed by atoms with Gasteiger partial charge in [0.15, 0.2) is 11.5 Å². The largest absolute Gasteiger partial charge is 0.486 e. The highest BCUT2D eigenvalue weighted by Gasteiger charge is 2.37.